The largest absolute Gasteiger partial charge is 0.356 e. The molecule has 0 spiro atoms. The molecule has 0 aliphatic carbocycles. The van der Waals surface area contributed by atoms with Gasteiger partial charge in [0.15, 0.2) is 6.29 Å². The Morgan fingerprint density at radius 2 is 1.38 bits per heavy atom. The Morgan fingerprint density at radius 1 is 0.846 bits per heavy atom. The van der Waals surface area contributed by atoms with Crippen LogP contribution in [0, 0.1) is 0 Å². The highest BCUT2D eigenvalue weighted by molar-refractivity contribution is 4.47. The van der Waals surface area contributed by atoms with Crippen LogP contribution in [0.1, 0.15) is 51.9 Å². The number of rotatable bonds is 9. The molecule has 0 rings (SSSR count). The molecule has 0 saturated carbocycles. The van der Waals surface area contributed by atoms with Crippen LogP contribution in [-0.4, -0.2) is 20.5 Å². The van der Waals surface area contributed by atoms with Crippen LogP contribution in [0.2, 0.25) is 0 Å². The van der Waals surface area contributed by atoms with E-state index in [1.54, 1.807) is 14.2 Å². The summed E-state index contributed by atoms with van der Waals surface area (Å²) in [6, 6.07) is 0. The Balaban J connectivity index is 3.05. The average molecular weight is 188 g/mol. The summed E-state index contributed by atoms with van der Waals surface area (Å²) in [5, 5.41) is 0. The molecular formula is C11H24O2. The standard InChI is InChI=1S/C11H24O2/c1-4-5-6-7-8-9-10-11(12-2)13-3/h11H,4-10H2,1-3H3. The summed E-state index contributed by atoms with van der Waals surface area (Å²) in [6.07, 6.45) is 8.98. The molecule has 0 aromatic carbocycles. The van der Waals surface area contributed by atoms with Crippen molar-refractivity contribution in [3.63, 3.8) is 0 Å². The molecule has 0 aliphatic rings. The van der Waals surface area contributed by atoms with Gasteiger partial charge < -0.3 is 9.47 Å². The second kappa shape index (κ2) is 10.0. The second-order valence-electron chi connectivity index (χ2n) is 3.46. The van der Waals surface area contributed by atoms with Crippen molar-refractivity contribution in [3.05, 3.63) is 0 Å². The Hall–Kier alpha value is -0.0800. The maximum Gasteiger partial charge on any atom is 0.156 e. The van der Waals surface area contributed by atoms with Gasteiger partial charge in [-0.15, -0.1) is 0 Å². The lowest BCUT2D eigenvalue weighted by Crippen LogP contribution is -2.12. The summed E-state index contributed by atoms with van der Waals surface area (Å²) in [5.41, 5.74) is 0. The van der Waals surface area contributed by atoms with E-state index in [1.807, 2.05) is 0 Å². The van der Waals surface area contributed by atoms with Crippen molar-refractivity contribution in [3.8, 4) is 0 Å². The lowest BCUT2D eigenvalue weighted by molar-refractivity contribution is -0.107. The highest BCUT2D eigenvalue weighted by Crippen LogP contribution is 2.09. The van der Waals surface area contributed by atoms with E-state index in [2.05, 4.69) is 6.92 Å². The first-order chi connectivity index (χ1) is 6.35. The Morgan fingerprint density at radius 3 is 1.92 bits per heavy atom. The summed E-state index contributed by atoms with van der Waals surface area (Å²) in [5.74, 6) is 0. The van der Waals surface area contributed by atoms with Gasteiger partial charge in [0.05, 0.1) is 0 Å². The van der Waals surface area contributed by atoms with Crippen molar-refractivity contribution >= 4 is 0 Å². The number of methoxy groups -OCH3 is 2. The van der Waals surface area contributed by atoms with Gasteiger partial charge in [-0.05, 0) is 12.8 Å². The van der Waals surface area contributed by atoms with Crippen LogP contribution in [0.3, 0.4) is 0 Å². The molecule has 13 heavy (non-hydrogen) atoms. The van der Waals surface area contributed by atoms with Crippen LogP contribution in [0.4, 0.5) is 0 Å². The highest BCUT2D eigenvalue weighted by Gasteiger charge is 2.03. The van der Waals surface area contributed by atoms with Crippen molar-refractivity contribution in [2.45, 2.75) is 58.2 Å². The lowest BCUT2D eigenvalue weighted by atomic mass is 10.1. The first kappa shape index (κ1) is 12.9. The molecule has 0 fully saturated rings. The summed E-state index contributed by atoms with van der Waals surface area (Å²) in [4.78, 5) is 0. The van der Waals surface area contributed by atoms with Gasteiger partial charge in [0, 0.05) is 14.2 Å². The van der Waals surface area contributed by atoms with Gasteiger partial charge >= 0.3 is 0 Å². The fourth-order valence-corrected chi connectivity index (χ4v) is 1.42. The molecule has 0 amide bonds. The van der Waals surface area contributed by atoms with Gasteiger partial charge in [0.2, 0.25) is 0 Å². The topological polar surface area (TPSA) is 18.5 Å². The zero-order valence-electron chi connectivity index (χ0n) is 9.34. The zero-order valence-corrected chi connectivity index (χ0v) is 9.34. The van der Waals surface area contributed by atoms with Crippen molar-refractivity contribution in [2.75, 3.05) is 14.2 Å². The van der Waals surface area contributed by atoms with Crippen molar-refractivity contribution < 1.29 is 9.47 Å². The number of ether oxygens (including phenoxy) is 2. The molecule has 0 radical (unpaired) electrons. The van der Waals surface area contributed by atoms with E-state index in [0.717, 1.165) is 6.42 Å². The van der Waals surface area contributed by atoms with Crippen molar-refractivity contribution in [1.82, 2.24) is 0 Å². The molecule has 80 valence electrons. The maximum atomic E-state index is 5.10. The maximum absolute atomic E-state index is 5.10. The smallest absolute Gasteiger partial charge is 0.156 e. The molecule has 2 nitrogen and oxygen atoms in total. The van der Waals surface area contributed by atoms with Crippen LogP contribution in [0.15, 0.2) is 0 Å². The van der Waals surface area contributed by atoms with E-state index < -0.39 is 0 Å². The SMILES string of the molecule is CCCCCCCCC(OC)OC. The lowest BCUT2D eigenvalue weighted by Gasteiger charge is -2.12. The van der Waals surface area contributed by atoms with Gasteiger partial charge in [-0.25, -0.2) is 0 Å². The minimum Gasteiger partial charge on any atom is -0.356 e. The average Bonchev–Trinajstić information content (AvgIpc) is 2.17. The van der Waals surface area contributed by atoms with E-state index in [9.17, 15) is 0 Å². The van der Waals surface area contributed by atoms with Crippen LogP contribution in [0.25, 0.3) is 0 Å². The third-order valence-corrected chi connectivity index (χ3v) is 2.32. The van der Waals surface area contributed by atoms with Crippen LogP contribution >= 0.6 is 0 Å². The quantitative estimate of drug-likeness (QED) is 0.408. The number of unbranched alkanes of at least 4 members (excludes halogenated alkanes) is 5. The fourth-order valence-electron chi connectivity index (χ4n) is 1.42. The molecule has 0 aliphatic heterocycles. The zero-order chi connectivity index (χ0) is 9.94. The van der Waals surface area contributed by atoms with Crippen LogP contribution in [0.5, 0.6) is 0 Å². The highest BCUT2D eigenvalue weighted by atomic mass is 16.7. The predicted molar refractivity (Wildman–Crippen MR) is 55.8 cm³/mol. The van der Waals surface area contributed by atoms with Crippen molar-refractivity contribution in [2.24, 2.45) is 0 Å². The fraction of sp³-hybridized carbons (Fsp3) is 1.00. The number of hydrogen-bond donors (Lipinski definition) is 0. The minimum absolute atomic E-state index is 0.00572. The van der Waals surface area contributed by atoms with Crippen LogP contribution in [-0.2, 0) is 9.47 Å². The van der Waals surface area contributed by atoms with E-state index in [1.165, 1.54) is 38.5 Å². The molecule has 0 N–H and O–H groups in total. The summed E-state index contributed by atoms with van der Waals surface area (Å²) < 4.78 is 10.2. The van der Waals surface area contributed by atoms with Crippen LogP contribution < -0.4 is 0 Å². The normalized spacial score (nSPS) is 11.1. The third-order valence-electron chi connectivity index (χ3n) is 2.32. The van der Waals surface area contributed by atoms with Gasteiger partial charge in [0.1, 0.15) is 0 Å². The summed E-state index contributed by atoms with van der Waals surface area (Å²) >= 11 is 0. The molecular weight excluding hydrogens is 164 g/mol. The Kier molecular flexibility index (Phi) is 9.94. The van der Waals surface area contributed by atoms with E-state index in [0.29, 0.717) is 0 Å². The van der Waals surface area contributed by atoms with Gasteiger partial charge in [0.25, 0.3) is 0 Å². The molecule has 0 bridgehead atoms. The first-order valence-electron chi connectivity index (χ1n) is 5.40. The van der Waals surface area contributed by atoms with E-state index in [4.69, 9.17) is 9.47 Å². The molecule has 0 heterocycles. The van der Waals surface area contributed by atoms with Gasteiger partial charge in [-0.1, -0.05) is 39.0 Å². The van der Waals surface area contributed by atoms with Crippen molar-refractivity contribution in [1.29, 1.82) is 0 Å². The molecule has 0 atom stereocenters. The second-order valence-corrected chi connectivity index (χ2v) is 3.46. The van der Waals surface area contributed by atoms with E-state index >= 15 is 0 Å². The molecule has 0 aromatic rings. The summed E-state index contributed by atoms with van der Waals surface area (Å²) in [6.45, 7) is 2.24. The molecule has 0 unspecified atom stereocenters. The Bertz CT molecular complexity index is 90.1. The molecule has 0 aromatic heterocycles. The third kappa shape index (κ3) is 8.26. The monoisotopic (exact) mass is 188 g/mol. The van der Waals surface area contributed by atoms with Gasteiger partial charge in [-0.3, -0.25) is 0 Å². The molecule has 2 heteroatoms. The predicted octanol–water partition coefficient (Wildman–Crippen LogP) is 3.36. The Labute approximate surface area is 82.6 Å². The first-order valence-corrected chi connectivity index (χ1v) is 5.40. The minimum atomic E-state index is 0.00572. The summed E-state index contributed by atoms with van der Waals surface area (Å²) in [7, 11) is 3.40. The molecule has 0 saturated heterocycles. The number of hydrogen-bond acceptors (Lipinski definition) is 2. The van der Waals surface area contributed by atoms with E-state index in [-0.39, 0.29) is 6.29 Å². The van der Waals surface area contributed by atoms with Gasteiger partial charge in [-0.2, -0.15) is 0 Å².